The maximum absolute atomic E-state index is 12.8. The van der Waals surface area contributed by atoms with Crippen LogP contribution in [0.25, 0.3) is 16.4 Å². The molecule has 32 heavy (non-hydrogen) atoms. The molecule has 1 amide bonds. The molecule has 1 aliphatic carbocycles. The lowest BCUT2D eigenvalue weighted by Gasteiger charge is -2.09. The maximum atomic E-state index is 12.8. The molecule has 1 N–H and O–H groups in total. The average molecular weight is 478 g/mol. The highest BCUT2D eigenvalue weighted by Gasteiger charge is 2.22. The summed E-state index contributed by atoms with van der Waals surface area (Å²) in [4.78, 5) is 15.0. The summed E-state index contributed by atoms with van der Waals surface area (Å²) in [6.45, 7) is 0. The maximum Gasteiger partial charge on any atom is 0.235 e. The number of rotatable bonds is 6. The number of aromatic nitrogens is 3. The Morgan fingerprint density at radius 1 is 1.16 bits per heavy atom. The van der Waals surface area contributed by atoms with E-state index >= 15 is 0 Å². The van der Waals surface area contributed by atoms with E-state index < -0.39 is 0 Å². The van der Waals surface area contributed by atoms with Gasteiger partial charge >= 0.3 is 0 Å². The summed E-state index contributed by atoms with van der Waals surface area (Å²) in [7, 11) is 0. The molecule has 0 unspecified atom stereocenters. The summed E-state index contributed by atoms with van der Waals surface area (Å²) in [6.07, 6.45) is 4.16. The van der Waals surface area contributed by atoms with E-state index in [2.05, 4.69) is 21.6 Å². The summed E-state index contributed by atoms with van der Waals surface area (Å²) < 4.78 is 1.98. The highest BCUT2D eigenvalue weighted by Crippen LogP contribution is 2.38. The van der Waals surface area contributed by atoms with Gasteiger partial charge in [0.2, 0.25) is 5.91 Å². The standard InChI is InChI=1S/C23H19N5OS3/c24-13-17-16-9-4-5-10-18(16)32-22(17)25-20(29)14-31-23-27-26-21(19-11-6-12-30-19)28(23)15-7-2-1-3-8-15/h1-3,6-8,11-12H,4-5,9-10,14H2,(H,25,29). The van der Waals surface area contributed by atoms with Crippen LogP contribution in [0.1, 0.15) is 28.8 Å². The van der Waals surface area contributed by atoms with Gasteiger partial charge in [-0.3, -0.25) is 9.36 Å². The summed E-state index contributed by atoms with van der Waals surface area (Å²) in [5.74, 6) is 0.792. The van der Waals surface area contributed by atoms with Gasteiger partial charge in [-0.25, -0.2) is 0 Å². The number of carbonyl (C=O) groups is 1. The second-order valence-corrected chi connectivity index (χ2v) is 10.3. The quantitative estimate of drug-likeness (QED) is 0.369. The fourth-order valence-corrected chi connectivity index (χ4v) is 6.51. The Morgan fingerprint density at radius 3 is 2.78 bits per heavy atom. The fourth-order valence-electron chi connectivity index (χ4n) is 3.80. The second kappa shape index (κ2) is 9.28. The lowest BCUT2D eigenvalue weighted by Crippen LogP contribution is -2.14. The Bertz CT molecular complexity index is 1290. The third-order valence-corrected chi connectivity index (χ3v) is 8.26. The van der Waals surface area contributed by atoms with Crippen molar-refractivity contribution in [2.24, 2.45) is 0 Å². The molecule has 0 aliphatic heterocycles. The van der Waals surface area contributed by atoms with Crippen molar-refractivity contribution in [1.29, 1.82) is 5.26 Å². The first-order chi connectivity index (χ1) is 15.7. The van der Waals surface area contributed by atoms with Gasteiger partial charge in [0.05, 0.1) is 16.2 Å². The van der Waals surface area contributed by atoms with Gasteiger partial charge in [0, 0.05) is 10.6 Å². The van der Waals surface area contributed by atoms with Crippen LogP contribution in [0.4, 0.5) is 5.00 Å². The van der Waals surface area contributed by atoms with Gasteiger partial charge in [0.1, 0.15) is 11.1 Å². The Kier molecular flexibility index (Phi) is 6.08. The zero-order chi connectivity index (χ0) is 21.9. The smallest absolute Gasteiger partial charge is 0.235 e. The minimum absolute atomic E-state index is 0.148. The number of hydrogen-bond donors (Lipinski definition) is 1. The molecule has 0 fully saturated rings. The van der Waals surface area contributed by atoms with Crippen LogP contribution in [0.5, 0.6) is 0 Å². The highest BCUT2D eigenvalue weighted by molar-refractivity contribution is 7.99. The molecule has 0 saturated carbocycles. The molecular weight excluding hydrogens is 458 g/mol. The van der Waals surface area contributed by atoms with Gasteiger partial charge in [-0.2, -0.15) is 5.26 Å². The predicted octanol–water partition coefficient (Wildman–Crippen LogP) is 5.54. The second-order valence-electron chi connectivity index (χ2n) is 7.32. The number of fused-ring (bicyclic) bond motifs is 1. The molecule has 3 heterocycles. The Morgan fingerprint density at radius 2 is 2.00 bits per heavy atom. The number of benzene rings is 1. The molecule has 1 aliphatic rings. The van der Waals surface area contributed by atoms with Gasteiger partial charge in [-0.05, 0) is 54.8 Å². The zero-order valence-corrected chi connectivity index (χ0v) is 19.5. The van der Waals surface area contributed by atoms with Crippen LogP contribution in [-0.2, 0) is 17.6 Å². The van der Waals surface area contributed by atoms with Crippen LogP contribution >= 0.6 is 34.4 Å². The first-order valence-electron chi connectivity index (χ1n) is 10.3. The highest BCUT2D eigenvalue weighted by atomic mass is 32.2. The van der Waals surface area contributed by atoms with E-state index in [1.807, 2.05) is 52.4 Å². The third kappa shape index (κ3) is 4.09. The molecule has 0 spiro atoms. The Balaban J connectivity index is 1.36. The van der Waals surface area contributed by atoms with E-state index in [0.29, 0.717) is 15.7 Å². The van der Waals surface area contributed by atoms with Gasteiger partial charge in [0.25, 0.3) is 0 Å². The van der Waals surface area contributed by atoms with Gasteiger partial charge in [-0.1, -0.05) is 36.0 Å². The summed E-state index contributed by atoms with van der Waals surface area (Å²) in [6, 6.07) is 16.2. The van der Waals surface area contributed by atoms with E-state index in [0.717, 1.165) is 47.6 Å². The average Bonchev–Trinajstić information content (AvgIpc) is 3.56. The number of thiophene rings is 2. The molecule has 0 saturated heterocycles. The number of hydrogen-bond acceptors (Lipinski definition) is 7. The van der Waals surface area contributed by atoms with Crippen molar-refractivity contribution >= 4 is 45.3 Å². The van der Waals surface area contributed by atoms with Gasteiger partial charge in [-0.15, -0.1) is 32.9 Å². The van der Waals surface area contributed by atoms with Crippen molar-refractivity contribution in [3.8, 4) is 22.5 Å². The van der Waals surface area contributed by atoms with E-state index in [4.69, 9.17) is 0 Å². The molecule has 5 rings (SSSR count). The number of anilines is 1. The number of aryl methyl sites for hydroxylation is 1. The van der Waals surface area contributed by atoms with Crippen LogP contribution in [0.2, 0.25) is 0 Å². The minimum atomic E-state index is -0.148. The van der Waals surface area contributed by atoms with E-state index in [1.54, 1.807) is 22.7 Å². The van der Waals surface area contributed by atoms with Crippen molar-refractivity contribution < 1.29 is 4.79 Å². The molecular formula is C23H19N5OS3. The molecule has 9 heteroatoms. The third-order valence-electron chi connectivity index (χ3n) is 5.26. The SMILES string of the molecule is N#Cc1c(NC(=O)CSc2nnc(-c3cccs3)n2-c2ccccc2)sc2c1CCCC2. The molecule has 0 atom stereocenters. The number of nitrogens with one attached hydrogen (secondary N) is 1. The summed E-state index contributed by atoms with van der Waals surface area (Å²) >= 11 is 4.48. The van der Waals surface area contributed by atoms with Crippen molar-refractivity contribution in [3.05, 3.63) is 63.8 Å². The summed E-state index contributed by atoms with van der Waals surface area (Å²) in [5, 5.41) is 24.7. The number of nitriles is 1. The minimum Gasteiger partial charge on any atom is -0.316 e. The number of para-hydroxylation sites is 1. The molecule has 4 aromatic rings. The van der Waals surface area contributed by atoms with Crippen LogP contribution < -0.4 is 5.32 Å². The largest absolute Gasteiger partial charge is 0.316 e. The number of amides is 1. The lowest BCUT2D eigenvalue weighted by molar-refractivity contribution is -0.113. The van der Waals surface area contributed by atoms with Crippen LogP contribution in [-0.4, -0.2) is 26.4 Å². The fraction of sp³-hybridized carbons (Fsp3) is 0.217. The first kappa shape index (κ1) is 20.9. The molecule has 6 nitrogen and oxygen atoms in total. The number of nitrogens with zero attached hydrogens (tertiary/aromatic N) is 4. The molecule has 1 aromatic carbocycles. The van der Waals surface area contributed by atoms with Crippen LogP contribution in [0, 0.1) is 11.3 Å². The number of carbonyl (C=O) groups excluding carboxylic acids is 1. The molecule has 0 radical (unpaired) electrons. The lowest BCUT2D eigenvalue weighted by atomic mass is 9.96. The normalized spacial score (nSPS) is 12.8. The molecule has 160 valence electrons. The Hall–Kier alpha value is -2.93. The van der Waals surface area contributed by atoms with Crippen molar-refractivity contribution in [2.75, 3.05) is 11.1 Å². The van der Waals surface area contributed by atoms with E-state index in [9.17, 15) is 10.1 Å². The monoisotopic (exact) mass is 477 g/mol. The van der Waals surface area contributed by atoms with Crippen LogP contribution in [0.15, 0.2) is 53.0 Å². The van der Waals surface area contributed by atoms with Gasteiger partial charge < -0.3 is 5.32 Å². The van der Waals surface area contributed by atoms with Crippen molar-refractivity contribution in [1.82, 2.24) is 14.8 Å². The van der Waals surface area contributed by atoms with Crippen LogP contribution in [0.3, 0.4) is 0 Å². The van der Waals surface area contributed by atoms with E-state index in [1.165, 1.54) is 16.6 Å². The van der Waals surface area contributed by atoms with Crippen molar-refractivity contribution in [2.45, 2.75) is 30.8 Å². The molecule has 0 bridgehead atoms. The first-order valence-corrected chi connectivity index (χ1v) is 12.9. The summed E-state index contributed by atoms with van der Waals surface area (Å²) in [5.41, 5.74) is 2.70. The predicted molar refractivity (Wildman–Crippen MR) is 130 cm³/mol. The Labute approximate surface area is 197 Å². The number of thioether (sulfide) groups is 1. The van der Waals surface area contributed by atoms with Gasteiger partial charge in [0.15, 0.2) is 11.0 Å². The van der Waals surface area contributed by atoms with Crippen molar-refractivity contribution in [3.63, 3.8) is 0 Å². The van der Waals surface area contributed by atoms with E-state index in [-0.39, 0.29) is 11.7 Å². The zero-order valence-electron chi connectivity index (χ0n) is 17.1. The topological polar surface area (TPSA) is 83.6 Å². The molecule has 3 aromatic heterocycles.